The first kappa shape index (κ1) is 17.1. The van der Waals surface area contributed by atoms with Crippen molar-refractivity contribution in [2.24, 2.45) is 0 Å². The highest BCUT2D eigenvalue weighted by Gasteiger charge is 2.19. The molecule has 0 radical (unpaired) electrons. The number of carbonyl (C=O) groups excluding carboxylic acids is 2. The highest BCUT2D eigenvalue weighted by atomic mass is 19.1. The molecule has 1 aliphatic heterocycles. The van der Waals surface area contributed by atoms with Gasteiger partial charge in [0.05, 0.1) is 0 Å². The number of anilines is 1. The molecule has 2 amide bonds. The van der Waals surface area contributed by atoms with E-state index in [0.29, 0.717) is 5.69 Å². The monoisotopic (exact) mass is 341 g/mol. The average molecular weight is 341 g/mol. The van der Waals surface area contributed by atoms with Gasteiger partial charge in [-0.1, -0.05) is 18.9 Å². The second kappa shape index (κ2) is 7.88. The first-order valence-electron chi connectivity index (χ1n) is 8.47. The Hall–Kier alpha value is -2.76. The van der Waals surface area contributed by atoms with E-state index in [1.165, 1.54) is 24.3 Å². The molecule has 25 heavy (non-hydrogen) atoms. The van der Waals surface area contributed by atoms with E-state index in [9.17, 15) is 14.0 Å². The quantitative estimate of drug-likeness (QED) is 0.929. The molecule has 0 saturated carbocycles. The Morgan fingerprint density at radius 3 is 2.24 bits per heavy atom. The molecular weight excluding hydrogens is 321 g/mol. The van der Waals surface area contributed by atoms with E-state index in [0.717, 1.165) is 38.8 Å². The number of halogens is 1. The van der Waals surface area contributed by atoms with E-state index < -0.39 is 5.91 Å². The van der Waals surface area contributed by atoms with E-state index in [2.05, 4.69) is 10.3 Å². The number of carbonyl (C=O) groups is 2. The number of nitrogens with zero attached hydrogens (tertiary/aromatic N) is 2. The molecule has 2 aromatic rings. The van der Waals surface area contributed by atoms with Crippen molar-refractivity contribution in [3.05, 3.63) is 59.7 Å². The van der Waals surface area contributed by atoms with Crippen molar-refractivity contribution in [1.29, 1.82) is 0 Å². The van der Waals surface area contributed by atoms with Crippen LogP contribution in [0.25, 0.3) is 0 Å². The van der Waals surface area contributed by atoms with Gasteiger partial charge >= 0.3 is 0 Å². The summed E-state index contributed by atoms with van der Waals surface area (Å²) in [6.45, 7) is 1.46. The Balaban J connectivity index is 1.72. The molecule has 2 heterocycles. The predicted molar refractivity (Wildman–Crippen MR) is 93.0 cm³/mol. The summed E-state index contributed by atoms with van der Waals surface area (Å²) < 4.78 is 12.9. The van der Waals surface area contributed by atoms with Crippen LogP contribution in [-0.2, 0) is 0 Å². The minimum atomic E-state index is -0.433. The first-order chi connectivity index (χ1) is 12.1. The van der Waals surface area contributed by atoms with Crippen molar-refractivity contribution in [1.82, 2.24) is 9.88 Å². The third kappa shape index (κ3) is 4.41. The molecule has 6 heteroatoms. The lowest BCUT2D eigenvalue weighted by atomic mass is 10.2. The maximum absolute atomic E-state index is 12.9. The summed E-state index contributed by atoms with van der Waals surface area (Å²) in [5.41, 5.74) is 0.899. The Bertz CT molecular complexity index is 754. The zero-order chi connectivity index (χ0) is 17.6. The van der Waals surface area contributed by atoms with Crippen LogP contribution in [0, 0.1) is 5.82 Å². The normalized spacial score (nSPS) is 14.7. The molecule has 1 fully saturated rings. The number of hydrogen-bond donors (Lipinski definition) is 1. The highest BCUT2D eigenvalue weighted by Crippen LogP contribution is 2.14. The standard InChI is InChI=1S/C19H20FN3O2/c20-14-8-10-15(11-9-14)21-18(24)16-6-5-7-17(22-16)19(25)23-12-3-1-2-4-13-23/h5-11H,1-4,12-13H2,(H,21,24). The average Bonchev–Trinajstić information content (AvgIpc) is 2.92. The third-order valence-electron chi connectivity index (χ3n) is 4.20. The van der Waals surface area contributed by atoms with Gasteiger partial charge in [0.15, 0.2) is 0 Å². The van der Waals surface area contributed by atoms with Crippen LogP contribution < -0.4 is 5.32 Å². The van der Waals surface area contributed by atoms with Gasteiger partial charge in [0.25, 0.3) is 11.8 Å². The minimum absolute atomic E-state index is 0.140. The summed E-state index contributed by atoms with van der Waals surface area (Å²) in [4.78, 5) is 30.9. The van der Waals surface area contributed by atoms with Gasteiger partial charge in [-0.2, -0.15) is 0 Å². The number of amides is 2. The molecule has 0 spiro atoms. The van der Waals surface area contributed by atoms with E-state index in [1.807, 2.05) is 0 Å². The Labute approximate surface area is 145 Å². The number of aromatic nitrogens is 1. The fourth-order valence-electron chi connectivity index (χ4n) is 2.84. The smallest absolute Gasteiger partial charge is 0.274 e. The predicted octanol–water partition coefficient (Wildman–Crippen LogP) is 3.49. The molecule has 5 nitrogen and oxygen atoms in total. The van der Waals surface area contributed by atoms with Crippen LogP contribution in [0.3, 0.4) is 0 Å². The zero-order valence-corrected chi connectivity index (χ0v) is 13.9. The van der Waals surface area contributed by atoms with E-state index in [4.69, 9.17) is 0 Å². The van der Waals surface area contributed by atoms with Crippen molar-refractivity contribution < 1.29 is 14.0 Å². The van der Waals surface area contributed by atoms with Crippen molar-refractivity contribution in [3.8, 4) is 0 Å². The van der Waals surface area contributed by atoms with Crippen LogP contribution in [0.1, 0.15) is 46.7 Å². The fourth-order valence-corrected chi connectivity index (χ4v) is 2.84. The fraction of sp³-hybridized carbons (Fsp3) is 0.316. The van der Waals surface area contributed by atoms with Crippen LogP contribution in [-0.4, -0.2) is 34.8 Å². The molecule has 3 rings (SSSR count). The van der Waals surface area contributed by atoms with E-state index in [1.54, 1.807) is 23.1 Å². The van der Waals surface area contributed by atoms with Crippen molar-refractivity contribution in [2.75, 3.05) is 18.4 Å². The topological polar surface area (TPSA) is 62.3 Å². The van der Waals surface area contributed by atoms with Gasteiger partial charge in [0, 0.05) is 18.8 Å². The van der Waals surface area contributed by atoms with Gasteiger partial charge in [-0.15, -0.1) is 0 Å². The molecule has 0 atom stereocenters. The summed E-state index contributed by atoms with van der Waals surface area (Å²) in [6.07, 6.45) is 4.27. The maximum Gasteiger partial charge on any atom is 0.274 e. The second-order valence-corrected chi connectivity index (χ2v) is 6.08. The number of nitrogens with one attached hydrogen (secondary N) is 1. The summed E-state index contributed by atoms with van der Waals surface area (Å²) in [7, 11) is 0. The zero-order valence-electron chi connectivity index (χ0n) is 13.9. The van der Waals surface area contributed by atoms with Crippen molar-refractivity contribution in [3.63, 3.8) is 0 Å². The summed E-state index contributed by atoms with van der Waals surface area (Å²) in [6, 6.07) is 10.3. The maximum atomic E-state index is 12.9. The largest absolute Gasteiger partial charge is 0.337 e. The number of likely N-dealkylation sites (tertiary alicyclic amines) is 1. The molecule has 130 valence electrons. The first-order valence-corrected chi connectivity index (χ1v) is 8.47. The molecule has 1 N–H and O–H groups in total. The summed E-state index contributed by atoms with van der Waals surface area (Å²) >= 11 is 0. The van der Waals surface area contributed by atoms with Crippen LogP contribution in [0.4, 0.5) is 10.1 Å². The third-order valence-corrected chi connectivity index (χ3v) is 4.20. The number of pyridine rings is 1. The van der Waals surface area contributed by atoms with Crippen LogP contribution in [0.5, 0.6) is 0 Å². The summed E-state index contributed by atoms with van der Waals surface area (Å²) in [5, 5.41) is 2.65. The number of rotatable bonds is 3. The lowest BCUT2D eigenvalue weighted by Crippen LogP contribution is -2.32. The van der Waals surface area contributed by atoms with Gasteiger partial charge in [-0.25, -0.2) is 9.37 Å². The summed E-state index contributed by atoms with van der Waals surface area (Å²) in [5.74, 6) is -0.948. The Morgan fingerprint density at radius 2 is 1.56 bits per heavy atom. The molecule has 0 bridgehead atoms. The van der Waals surface area contributed by atoms with Crippen LogP contribution in [0.2, 0.25) is 0 Å². The number of hydrogen-bond acceptors (Lipinski definition) is 3. The molecule has 0 unspecified atom stereocenters. The molecular formula is C19H20FN3O2. The Morgan fingerprint density at radius 1 is 0.920 bits per heavy atom. The second-order valence-electron chi connectivity index (χ2n) is 6.08. The van der Waals surface area contributed by atoms with E-state index >= 15 is 0 Å². The molecule has 1 aromatic heterocycles. The van der Waals surface area contributed by atoms with Gasteiger partial charge in [0.2, 0.25) is 0 Å². The van der Waals surface area contributed by atoms with Gasteiger partial charge in [-0.3, -0.25) is 9.59 Å². The van der Waals surface area contributed by atoms with Gasteiger partial charge in [-0.05, 0) is 49.2 Å². The number of benzene rings is 1. The minimum Gasteiger partial charge on any atom is -0.337 e. The SMILES string of the molecule is O=C(Nc1ccc(F)cc1)c1cccc(C(=O)N2CCCCCC2)n1. The van der Waals surface area contributed by atoms with E-state index in [-0.39, 0.29) is 23.1 Å². The molecule has 1 aromatic carbocycles. The highest BCUT2D eigenvalue weighted by molar-refractivity contribution is 6.03. The van der Waals surface area contributed by atoms with Crippen molar-refractivity contribution in [2.45, 2.75) is 25.7 Å². The van der Waals surface area contributed by atoms with Gasteiger partial charge < -0.3 is 10.2 Å². The Kier molecular flexibility index (Phi) is 5.38. The molecule has 1 aliphatic rings. The van der Waals surface area contributed by atoms with Crippen LogP contribution >= 0.6 is 0 Å². The lowest BCUT2D eigenvalue weighted by Gasteiger charge is -2.19. The lowest BCUT2D eigenvalue weighted by molar-refractivity contribution is 0.0755. The van der Waals surface area contributed by atoms with Crippen LogP contribution in [0.15, 0.2) is 42.5 Å². The van der Waals surface area contributed by atoms with Gasteiger partial charge in [0.1, 0.15) is 17.2 Å². The molecule has 1 saturated heterocycles. The van der Waals surface area contributed by atoms with Crippen molar-refractivity contribution >= 4 is 17.5 Å². The molecule has 0 aliphatic carbocycles.